The molecule has 3 heteroatoms. The topological polar surface area (TPSA) is 29.9 Å². The lowest BCUT2D eigenvalue weighted by molar-refractivity contribution is 0.524. The van der Waals surface area contributed by atoms with Crippen molar-refractivity contribution in [1.82, 2.24) is 15.1 Å². The van der Waals surface area contributed by atoms with E-state index in [9.17, 15) is 0 Å². The van der Waals surface area contributed by atoms with E-state index in [2.05, 4.69) is 42.5 Å². The fourth-order valence-electron chi connectivity index (χ4n) is 1.66. The van der Waals surface area contributed by atoms with Crippen LogP contribution in [0.25, 0.3) is 10.9 Å². The highest BCUT2D eigenvalue weighted by molar-refractivity contribution is 5.78. The maximum Gasteiger partial charge on any atom is 0.0682 e. The van der Waals surface area contributed by atoms with Gasteiger partial charge in [-0.25, -0.2) is 0 Å². The van der Waals surface area contributed by atoms with Crippen LogP contribution in [0.2, 0.25) is 0 Å². The van der Waals surface area contributed by atoms with Gasteiger partial charge in [0, 0.05) is 18.0 Å². The monoisotopic (exact) mass is 203 g/mol. The Bertz CT molecular complexity index is 431. The summed E-state index contributed by atoms with van der Waals surface area (Å²) in [5.74, 6) is 0. The number of benzene rings is 1. The second kappa shape index (κ2) is 4.45. The van der Waals surface area contributed by atoms with Crippen LogP contribution in [0.3, 0.4) is 0 Å². The number of para-hydroxylation sites is 1. The van der Waals surface area contributed by atoms with Crippen LogP contribution < -0.4 is 5.32 Å². The lowest BCUT2D eigenvalue weighted by atomic mass is 10.2. The van der Waals surface area contributed by atoms with Crippen molar-refractivity contribution in [2.24, 2.45) is 0 Å². The summed E-state index contributed by atoms with van der Waals surface area (Å²) < 4.78 is 2.05. The predicted octanol–water partition coefficient (Wildman–Crippen LogP) is 2.03. The Balaban J connectivity index is 2.08. The van der Waals surface area contributed by atoms with Crippen molar-refractivity contribution in [3.8, 4) is 0 Å². The van der Waals surface area contributed by atoms with Crippen molar-refractivity contribution in [2.45, 2.75) is 26.4 Å². The molecule has 1 aromatic heterocycles. The maximum atomic E-state index is 4.37. The zero-order valence-electron chi connectivity index (χ0n) is 9.27. The van der Waals surface area contributed by atoms with Crippen molar-refractivity contribution < 1.29 is 0 Å². The van der Waals surface area contributed by atoms with E-state index in [0.717, 1.165) is 13.1 Å². The number of hydrogen-bond acceptors (Lipinski definition) is 2. The first-order chi connectivity index (χ1) is 7.27. The van der Waals surface area contributed by atoms with Crippen LogP contribution in [0.1, 0.15) is 13.8 Å². The van der Waals surface area contributed by atoms with Gasteiger partial charge in [0.05, 0.1) is 18.3 Å². The maximum absolute atomic E-state index is 4.37. The second-order valence-corrected chi connectivity index (χ2v) is 4.04. The molecule has 1 heterocycles. The zero-order valence-corrected chi connectivity index (χ0v) is 9.27. The quantitative estimate of drug-likeness (QED) is 0.824. The normalized spacial score (nSPS) is 11.4. The minimum absolute atomic E-state index is 0.534. The van der Waals surface area contributed by atoms with Crippen LogP contribution in [0.5, 0.6) is 0 Å². The number of nitrogens with one attached hydrogen (secondary N) is 1. The highest BCUT2D eigenvalue weighted by Crippen LogP contribution is 2.11. The smallest absolute Gasteiger partial charge is 0.0682 e. The molecule has 1 aromatic carbocycles. The number of hydrogen-bond donors (Lipinski definition) is 1. The van der Waals surface area contributed by atoms with Crippen LogP contribution in [-0.2, 0) is 6.54 Å². The van der Waals surface area contributed by atoms with Crippen molar-refractivity contribution >= 4 is 10.9 Å². The van der Waals surface area contributed by atoms with Crippen molar-refractivity contribution in [3.63, 3.8) is 0 Å². The number of rotatable bonds is 4. The van der Waals surface area contributed by atoms with E-state index in [1.807, 2.05) is 16.9 Å². The van der Waals surface area contributed by atoms with E-state index in [1.165, 1.54) is 10.9 Å². The first-order valence-corrected chi connectivity index (χ1v) is 5.41. The van der Waals surface area contributed by atoms with Crippen LogP contribution in [0.15, 0.2) is 30.5 Å². The van der Waals surface area contributed by atoms with E-state index in [-0.39, 0.29) is 0 Å². The second-order valence-electron chi connectivity index (χ2n) is 4.04. The van der Waals surface area contributed by atoms with E-state index in [0.29, 0.717) is 6.04 Å². The highest BCUT2D eigenvalue weighted by atomic mass is 15.3. The summed E-state index contributed by atoms with van der Waals surface area (Å²) >= 11 is 0. The fourth-order valence-corrected chi connectivity index (χ4v) is 1.66. The third-order valence-electron chi connectivity index (χ3n) is 2.43. The molecular formula is C12H17N3. The Kier molecular flexibility index (Phi) is 3.02. The zero-order chi connectivity index (χ0) is 10.7. The number of fused-ring (bicyclic) bond motifs is 1. The summed E-state index contributed by atoms with van der Waals surface area (Å²) in [5.41, 5.74) is 1.21. The number of nitrogens with zero attached hydrogens (tertiary/aromatic N) is 2. The van der Waals surface area contributed by atoms with Gasteiger partial charge in [-0.3, -0.25) is 4.68 Å². The van der Waals surface area contributed by atoms with Gasteiger partial charge >= 0.3 is 0 Å². The van der Waals surface area contributed by atoms with Gasteiger partial charge in [0.1, 0.15) is 0 Å². The van der Waals surface area contributed by atoms with Gasteiger partial charge in [-0.2, -0.15) is 5.10 Å². The first-order valence-electron chi connectivity index (χ1n) is 5.41. The molecule has 0 aliphatic heterocycles. The Labute approximate surface area is 90.1 Å². The molecule has 0 spiro atoms. The molecule has 2 rings (SSSR count). The highest BCUT2D eigenvalue weighted by Gasteiger charge is 2.00. The Morgan fingerprint density at radius 2 is 2.13 bits per heavy atom. The molecule has 0 radical (unpaired) electrons. The Hall–Kier alpha value is -1.35. The van der Waals surface area contributed by atoms with Crippen LogP contribution in [-0.4, -0.2) is 22.4 Å². The minimum Gasteiger partial charge on any atom is -0.313 e. The van der Waals surface area contributed by atoms with Crippen LogP contribution >= 0.6 is 0 Å². The average molecular weight is 203 g/mol. The van der Waals surface area contributed by atoms with Crippen molar-refractivity contribution in [2.75, 3.05) is 6.54 Å². The molecule has 0 atom stereocenters. The van der Waals surface area contributed by atoms with Gasteiger partial charge in [0.2, 0.25) is 0 Å². The number of aromatic nitrogens is 2. The minimum atomic E-state index is 0.534. The average Bonchev–Trinajstić information content (AvgIpc) is 2.62. The molecule has 0 unspecified atom stereocenters. The third-order valence-corrected chi connectivity index (χ3v) is 2.43. The van der Waals surface area contributed by atoms with E-state index >= 15 is 0 Å². The third kappa shape index (κ3) is 2.36. The molecule has 0 aliphatic carbocycles. The molecule has 0 amide bonds. The van der Waals surface area contributed by atoms with Crippen molar-refractivity contribution in [3.05, 3.63) is 30.5 Å². The molecule has 80 valence electrons. The largest absolute Gasteiger partial charge is 0.313 e. The molecular weight excluding hydrogens is 186 g/mol. The summed E-state index contributed by atoms with van der Waals surface area (Å²) in [6, 6.07) is 8.83. The van der Waals surface area contributed by atoms with Gasteiger partial charge < -0.3 is 5.32 Å². The van der Waals surface area contributed by atoms with Gasteiger partial charge in [0.15, 0.2) is 0 Å². The van der Waals surface area contributed by atoms with E-state index < -0.39 is 0 Å². The first kappa shape index (κ1) is 10.2. The fraction of sp³-hybridized carbons (Fsp3) is 0.417. The van der Waals surface area contributed by atoms with Crippen LogP contribution in [0.4, 0.5) is 0 Å². The summed E-state index contributed by atoms with van der Waals surface area (Å²) in [6.07, 6.45) is 1.92. The Morgan fingerprint density at radius 3 is 2.93 bits per heavy atom. The molecule has 15 heavy (non-hydrogen) atoms. The van der Waals surface area contributed by atoms with Gasteiger partial charge in [-0.05, 0) is 6.07 Å². The van der Waals surface area contributed by atoms with E-state index in [1.54, 1.807) is 0 Å². The SMILES string of the molecule is CC(C)NCCn1ncc2ccccc21. The summed E-state index contributed by atoms with van der Waals surface area (Å²) in [7, 11) is 0. The summed E-state index contributed by atoms with van der Waals surface area (Å²) in [6.45, 7) is 6.19. The molecule has 0 bridgehead atoms. The molecule has 1 N–H and O–H groups in total. The molecule has 0 saturated heterocycles. The summed E-state index contributed by atoms with van der Waals surface area (Å²) in [5, 5.41) is 8.97. The predicted molar refractivity (Wildman–Crippen MR) is 62.9 cm³/mol. The van der Waals surface area contributed by atoms with E-state index in [4.69, 9.17) is 0 Å². The van der Waals surface area contributed by atoms with Crippen LogP contribution in [0, 0.1) is 0 Å². The van der Waals surface area contributed by atoms with Gasteiger partial charge in [0.25, 0.3) is 0 Å². The molecule has 3 nitrogen and oxygen atoms in total. The van der Waals surface area contributed by atoms with Gasteiger partial charge in [-0.15, -0.1) is 0 Å². The molecule has 0 saturated carbocycles. The molecule has 0 aliphatic rings. The molecule has 2 aromatic rings. The Morgan fingerprint density at radius 1 is 1.33 bits per heavy atom. The van der Waals surface area contributed by atoms with Crippen molar-refractivity contribution in [1.29, 1.82) is 0 Å². The molecule has 0 fully saturated rings. The van der Waals surface area contributed by atoms with Gasteiger partial charge in [-0.1, -0.05) is 32.0 Å². The lowest BCUT2D eigenvalue weighted by Gasteiger charge is -2.08. The lowest BCUT2D eigenvalue weighted by Crippen LogP contribution is -2.26. The standard InChI is InChI=1S/C12H17N3/c1-10(2)13-7-8-15-12-6-4-3-5-11(12)9-14-15/h3-6,9-10,13H,7-8H2,1-2H3. The summed E-state index contributed by atoms with van der Waals surface area (Å²) in [4.78, 5) is 0.